The molecule has 1 atom stereocenters. The standard InChI is InChI=1S/C19H17ClN4O/c20-15-8-4-5-13(9-15)11-21-18-12-22-19(25)17-10-16(23-24(17)18)14-6-2-1-3-7-14/h1-10,18,21H,11-12H2,(H,22,25)/t18-/m1/s1. The highest BCUT2D eigenvalue weighted by Crippen LogP contribution is 2.23. The van der Waals surface area contributed by atoms with Crippen molar-refractivity contribution in [3.05, 3.63) is 76.9 Å². The summed E-state index contributed by atoms with van der Waals surface area (Å²) in [6.45, 7) is 1.13. The number of nitrogens with one attached hydrogen (secondary N) is 2. The van der Waals surface area contributed by atoms with Crippen LogP contribution in [0.4, 0.5) is 0 Å². The molecular weight excluding hydrogens is 336 g/mol. The van der Waals surface area contributed by atoms with Crippen molar-refractivity contribution in [2.45, 2.75) is 12.7 Å². The quantitative estimate of drug-likeness (QED) is 0.758. The highest BCUT2D eigenvalue weighted by Gasteiger charge is 2.27. The maximum atomic E-state index is 12.2. The molecule has 0 aliphatic carbocycles. The Labute approximate surface area is 150 Å². The zero-order chi connectivity index (χ0) is 17.2. The summed E-state index contributed by atoms with van der Waals surface area (Å²) in [6, 6.07) is 19.4. The average Bonchev–Trinajstić information content (AvgIpc) is 3.08. The number of amides is 1. The minimum absolute atomic E-state index is 0.101. The second-order valence-corrected chi connectivity index (χ2v) is 6.40. The molecule has 3 aromatic rings. The molecule has 0 saturated carbocycles. The van der Waals surface area contributed by atoms with E-state index in [0.29, 0.717) is 23.8 Å². The highest BCUT2D eigenvalue weighted by molar-refractivity contribution is 6.30. The van der Waals surface area contributed by atoms with Gasteiger partial charge in [0.1, 0.15) is 11.9 Å². The molecule has 1 aliphatic rings. The molecule has 4 rings (SSSR count). The van der Waals surface area contributed by atoms with Crippen molar-refractivity contribution in [3.63, 3.8) is 0 Å². The van der Waals surface area contributed by atoms with E-state index in [1.54, 1.807) is 4.68 Å². The highest BCUT2D eigenvalue weighted by atomic mass is 35.5. The van der Waals surface area contributed by atoms with Crippen LogP contribution in [0, 0.1) is 0 Å². The van der Waals surface area contributed by atoms with Crippen molar-refractivity contribution in [2.75, 3.05) is 6.54 Å². The smallest absolute Gasteiger partial charge is 0.269 e. The van der Waals surface area contributed by atoms with E-state index in [4.69, 9.17) is 11.6 Å². The fourth-order valence-electron chi connectivity index (χ4n) is 2.96. The van der Waals surface area contributed by atoms with Gasteiger partial charge in [-0.05, 0) is 23.8 Å². The van der Waals surface area contributed by atoms with E-state index in [0.717, 1.165) is 16.8 Å². The number of hydrogen-bond donors (Lipinski definition) is 2. The number of carbonyl (C=O) groups is 1. The molecule has 0 radical (unpaired) electrons. The molecule has 2 N–H and O–H groups in total. The molecule has 0 spiro atoms. The van der Waals surface area contributed by atoms with Gasteiger partial charge in [-0.1, -0.05) is 54.1 Å². The van der Waals surface area contributed by atoms with E-state index in [1.165, 1.54) is 0 Å². The third kappa shape index (κ3) is 3.29. The van der Waals surface area contributed by atoms with Crippen molar-refractivity contribution in [3.8, 4) is 11.3 Å². The summed E-state index contributed by atoms with van der Waals surface area (Å²) in [5.74, 6) is -0.101. The molecule has 0 unspecified atom stereocenters. The van der Waals surface area contributed by atoms with Gasteiger partial charge in [0.05, 0.1) is 12.2 Å². The normalized spacial score (nSPS) is 16.4. The number of carbonyl (C=O) groups excluding carboxylic acids is 1. The fourth-order valence-corrected chi connectivity index (χ4v) is 3.17. The lowest BCUT2D eigenvalue weighted by Crippen LogP contribution is -2.45. The van der Waals surface area contributed by atoms with Gasteiger partial charge >= 0.3 is 0 Å². The first-order chi connectivity index (χ1) is 12.2. The Morgan fingerprint density at radius 1 is 1.16 bits per heavy atom. The molecular formula is C19H17ClN4O. The van der Waals surface area contributed by atoms with E-state index >= 15 is 0 Å². The van der Waals surface area contributed by atoms with E-state index in [2.05, 4.69) is 15.7 Å². The van der Waals surface area contributed by atoms with Crippen LogP contribution in [0.15, 0.2) is 60.7 Å². The number of halogens is 1. The van der Waals surface area contributed by atoms with Crippen LogP contribution in [-0.2, 0) is 6.54 Å². The summed E-state index contributed by atoms with van der Waals surface area (Å²) in [7, 11) is 0. The molecule has 126 valence electrons. The van der Waals surface area contributed by atoms with Gasteiger partial charge in [0, 0.05) is 17.1 Å². The lowest BCUT2D eigenvalue weighted by atomic mass is 10.1. The van der Waals surface area contributed by atoms with E-state index < -0.39 is 0 Å². The Bertz CT molecular complexity index is 907. The number of aromatic nitrogens is 2. The molecule has 5 nitrogen and oxygen atoms in total. The third-order valence-electron chi connectivity index (χ3n) is 4.22. The molecule has 1 amide bonds. The van der Waals surface area contributed by atoms with Crippen molar-refractivity contribution >= 4 is 17.5 Å². The third-order valence-corrected chi connectivity index (χ3v) is 4.46. The first-order valence-corrected chi connectivity index (χ1v) is 8.49. The van der Waals surface area contributed by atoms with Gasteiger partial charge < -0.3 is 5.32 Å². The molecule has 25 heavy (non-hydrogen) atoms. The van der Waals surface area contributed by atoms with Crippen LogP contribution in [0.2, 0.25) is 5.02 Å². The Balaban J connectivity index is 1.59. The Morgan fingerprint density at radius 3 is 2.80 bits per heavy atom. The van der Waals surface area contributed by atoms with Crippen molar-refractivity contribution in [1.29, 1.82) is 0 Å². The predicted octanol–water partition coefficient (Wildman–Crippen LogP) is 3.24. The molecule has 1 aromatic heterocycles. The molecule has 1 aliphatic heterocycles. The van der Waals surface area contributed by atoms with E-state index in [-0.39, 0.29) is 12.1 Å². The van der Waals surface area contributed by atoms with Crippen LogP contribution >= 0.6 is 11.6 Å². The van der Waals surface area contributed by atoms with Crippen molar-refractivity contribution in [2.24, 2.45) is 0 Å². The van der Waals surface area contributed by atoms with E-state index in [9.17, 15) is 4.79 Å². The Hall–Kier alpha value is -2.63. The van der Waals surface area contributed by atoms with Gasteiger partial charge in [0.2, 0.25) is 0 Å². The average molecular weight is 353 g/mol. The molecule has 6 heteroatoms. The largest absolute Gasteiger partial charge is 0.347 e. The number of fused-ring (bicyclic) bond motifs is 1. The second-order valence-electron chi connectivity index (χ2n) is 5.96. The molecule has 2 heterocycles. The van der Waals surface area contributed by atoms with E-state index in [1.807, 2.05) is 60.7 Å². The van der Waals surface area contributed by atoms with Crippen LogP contribution in [0.1, 0.15) is 22.2 Å². The van der Waals surface area contributed by atoms with Gasteiger partial charge in [0.25, 0.3) is 5.91 Å². The van der Waals surface area contributed by atoms with Gasteiger partial charge in [-0.25, -0.2) is 4.68 Å². The Morgan fingerprint density at radius 2 is 2.00 bits per heavy atom. The van der Waals surface area contributed by atoms with Gasteiger partial charge in [-0.15, -0.1) is 0 Å². The number of hydrogen-bond acceptors (Lipinski definition) is 3. The monoisotopic (exact) mass is 352 g/mol. The van der Waals surface area contributed by atoms with Gasteiger partial charge in [0.15, 0.2) is 0 Å². The van der Waals surface area contributed by atoms with Crippen LogP contribution in [0.5, 0.6) is 0 Å². The lowest BCUT2D eigenvalue weighted by molar-refractivity contribution is 0.0900. The minimum atomic E-state index is -0.107. The fraction of sp³-hybridized carbons (Fsp3) is 0.158. The first-order valence-electron chi connectivity index (χ1n) is 8.12. The molecule has 0 fully saturated rings. The summed E-state index contributed by atoms with van der Waals surface area (Å²) in [6.07, 6.45) is -0.107. The summed E-state index contributed by atoms with van der Waals surface area (Å²) in [5.41, 5.74) is 3.43. The topological polar surface area (TPSA) is 59.0 Å². The summed E-state index contributed by atoms with van der Waals surface area (Å²) < 4.78 is 1.77. The minimum Gasteiger partial charge on any atom is -0.347 e. The maximum absolute atomic E-state index is 12.2. The summed E-state index contributed by atoms with van der Waals surface area (Å²) in [5, 5.41) is 11.7. The van der Waals surface area contributed by atoms with Crippen molar-refractivity contribution < 1.29 is 4.79 Å². The second kappa shape index (κ2) is 6.70. The zero-order valence-electron chi connectivity index (χ0n) is 13.4. The lowest BCUT2D eigenvalue weighted by Gasteiger charge is -2.25. The SMILES string of the molecule is O=C1NC[C@H](NCc2cccc(Cl)c2)n2nc(-c3ccccc3)cc21. The van der Waals surface area contributed by atoms with Crippen LogP contribution < -0.4 is 10.6 Å². The first kappa shape index (κ1) is 15.9. The number of rotatable bonds is 4. The molecule has 0 bridgehead atoms. The maximum Gasteiger partial charge on any atom is 0.269 e. The number of benzene rings is 2. The van der Waals surface area contributed by atoms with Gasteiger partial charge in [-0.3, -0.25) is 10.1 Å². The molecule has 2 aromatic carbocycles. The van der Waals surface area contributed by atoms with Gasteiger partial charge in [-0.2, -0.15) is 5.10 Å². The Kier molecular flexibility index (Phi) is 4.26. The van der Waals surface area contributed by atoms with Crippen LogP contribution in [-0.4, -0.2) is 22.2 Å². The van der Waals surface area contributed by atoms with Crippen LogP contribution in [0.25, 0.3) is 11.3 Å². The molecule has 0 saturated heterocycles. The summed E-state index contributed by atoms with van der Waals surface area (Å²) >= 11 is 6.04. The zero-order valence-corrected chi connectivity index (χ0v) is 14.2. The predicted molar refractivity (Wildman–Crippen MR) is 97.3 cm³/mol. The van der Waals surface area contributed by atoms with Crippen LogP contribution in [0.3, 0.4) is 0 Å². The number of nitrogens with zero attached hydrogens (tertiary/aromatic N) is 2. The summed E-state index contributed by atoms with van der Waals surface area (Å²) in [4.78, 5) is 12.2. The van der Waals surface area contributed by atoms with Crippen molar-refractivity contribution in [1.82, 2.24) is 20.4 Å².